The van der Waals surface area contributed by atoms with Crippen molar-refractivity contribution in [2.75, 3.05) is 0 Å². The zero-order valence-electron chi connectivity index (χ0n) is 13.5. The van der Waals surface area contributed by atoms with E-state index in [0.29, 0.717) is 5.69 Å². The smallest absolute Gasteiger partial charge is 0.356 e. The molecule has 4 aromatic rings. The molecule has 1 N–H and O–H groups in total. The lowest BCUT2D eigenvalue weighted by Crippen LogP contribution is -2.07. The summed E-state index contributed by atoms with van der Waals surface area (Å²) in [6.45, 7) is 0. The number of nitrogens with zero attached hydrogens (tertiary/aromatic N) is 5. The normalized spacial score (nSPS) is 10.6. The van der Waals surface area contributed by atoms with E-state index >= 15 is 0 Å². The highest BCUT2D eigenvalue weighted by Gasteiger charge is 2.13. The Labute approximate surface area is 148 Å². The molecule has 7 nitrogen and oxygen atoms in total. The molecular weight excluding hydrogens is 330 g/mol. The van der Waals surface area contributed by atoms with E-state index < -0.39 is 5.97 Å². The van der Waals surface area contributed by atoms with Gasteiger partial charge in [-0.1, -0.05) is 41.6 Å². The molecule has 26 heavy (non-hydrogen) atoms. The fraction of sp³-hybridized carbons (Fsp3) is 0. The molecule has 2 aromatic carbocycles. The molecule has 0 aliphatic heterocycles. The monoisotopic (exact) mass is 343 g/mol. The van der Waals surface area contributed by atoms with Gasteiger partial charge in [-0.05, 0) is 23.3 Å². The average Bonchev–Trinajstić information content (AvgIpc) is 3.19. The van der Waals surface area contributed by atoms with Crippen LogP contribution in [0.4, 0.5) is 0 Å². The lowest BCUT2D eigenvalue weighted by Gasteiger charge is -2.10. The van der Waals surface area contributed by atoms with Crippen LogP contribution in [0, 0.1) is 0 Å². The van der Waals surface area contributed by atoms with Crippen molar-refractivity contribution < 1.29 is 9.90 Å². The van der Waals surface area contributed by atoms with Crippen LogP contribution in [0.2, 0.25) is 0 Å². The Morgan fingerprint density at radius 1 is 0.923 bits per heavy atom. The van der Waals surface area contributed by atoms with E-state index in [1.807, 2.05) is 48.5 Å². The van der Waals surface area contributed by atoms with Gasteiger partial charge in [-0.2, -0.15) is 0 Å². The van der Waals surface area contributed by atoms with Gasteiger partial charge in [0.05, 0.1) is 23.8 Å². The van der Waals surface area contributed by atoms with Crippen molar-refractivity contribution in [1.29, 1.82) is 0 Å². The minimum Gasteiger partial charge on any atom is -0.476 e. The van der Waals surface area contributed by atoms with Gasteiger partial charge in [0.1, 0.15) is 0 Å². The largest absolute Gasteiger partial charge is 0.476 e. The Balaban J connectivity index is 1.75. The Bertz CT molecular complexity index is 1060. The zero-order valence-corrected chi connectivity index (χ0v) is 13.5. The van der Waals surface area contributed by atoms with E-state index in [0.717, 1.165) is 22.4 Å². The molecule has 0 aliphatic rings. The van der Waals surface area contributed by atoms with Gasteiger partial charge in [0.2, 0.25) is 0 Å². The van der Waals surface area contributed by atoms with E-state index in [4.69, 9.17) is 0 Å². The first-order chi connectivity index (χ1) is 12.7. The topological polar surface area (TPSA) is 93.8 Å². The summed E-state index contributed by atoms with van der Waals surface area (Å²) in [4.78, 5) is 19.7. The van der Waals surface area contributed by atoms with E-state index in [1.54, 1.807) is 18.6 Å². The van der Waals surface area contributed by atoms with Crippen LogP contribution >= 0.6 is 0 Å². The van der Waals surface area contributed by atoms with Gasteiger partial charge in [-0.3, -0.25) is 9.97 Å². The van der Waals surface area contributed by atoms with Crippen LogP contribution in [0.15, 0.2) is 73.3 Å². The van der Waals surface area contributed by atoms with Crippen molar-refractivity contribution in [2.24, 2.45) is 0 Å². The van der Waals surface area contributed by atoms with E-state index in [9.17, 15) is 9.90 Å². The lowest BCUT2D eigenvalue weighted by atomic mass is 9.97. The molecule has 7 heteroatoms. The highest BCUT2D eigenvalue weighted by Crippen LogP contribution is 2.31. The summed E-state index contributed by atoms with van der Waals surface area (Å²) in [5, 5.41) is 16.7. The second kappa shape index (κ2) is 6.56. The zero-order chi connectivity index (χ0) is 17.9. The van der Waals surface area contributed by atoms with Crippen molar-refractivity contribution in [3.8, 4) is 28.1 Å². The number of rotatable bonds is 4. The van der Waals surface area contributed by atoms with E-state index in [1.165, 1.54) is 10.9 Å². The standard InChI is InChI=1S/C19H13N5O2/c25-19(26)18-12-22-23-24(18)14-7-5-13(6-8-14)15-3-1-2-4-16(15)17-11-20-9-10-21-17/h1-12H,(H,25,26). The van der Waals surface area contributed by atoms with Gasteiger partial charge in [0, 0.05) is 18.0 Å². The first-order valence-corrected chi connectivity index (χ1v) is 7.84. The first-order valence-electron chi connectivity index (χ1n) is 7.84. The van der Waals surface area contributed by atoms with Crippen LogP contribution in [0.1, 0.15) is 10.5 Å². The summed E-state index contributed by atoms with van der Waals surface area (Å²) < 4.78 is 1.29. The second-order valence-electron chi connectivity index (χ2n) is 5.52. The van der Waals surface area contributed by atoms with Crippen molar-refractivity contribution >= 4 is 5.97 Å². The SMILES string of the molecule is O=C(O)c1cnnn1-c1ccc(-c2ccccc2-c2cnccn2)cc1. The molecule has 0 bridgehead atoms. The molecule has 0 fully saturated rings. The summed E-state index contributed by atoms with van der Waals surface area (Å²) in [6, 6.07) is 15.4. The Morgan fingerprint density at radius 2 is 1.69 bits per heavy atom. The predicted molar refractivity (Wildman–Crippen MR) is 94.8 cm³/mol. The molecule has 4 rings (SSSR count). The molecule has 0 saturated heterocycles. The number of benzene rings is 2. The Hall–Kier alpha value is -3.87. The molecule has 126 valence electrons. The molecule has 0 atom stereocenters. The van der Waals surface area contributed by atoms with Gasteiger partial charge in [-0.25, -0.2) is 9.48 Å². The minimum atomic E-state index is -1.08. The molecule has 0 aliphatic carbocycles. The van der Waals surface area contributed by atoms with Crippen LogP contribution in [0.25, 0.3) is 28.1 Å². The van der Waals surface area contributed by atoms with Crippen molar-refractivity contribution in [2.45, 2.75) is 0 Å². The first kappa shape index (κ1) is 15.6. The van der Waals surface area contributed by atoms with Gasteiger partial charge < -0.3 is 5.11 Å². The summed E-state index contributed by atoms with van der Waals surface area (Å²) in [5.41, 5.74) is 4.39. The van der Waals surface area contributed by atoms with E-state index in [2.05, 4.69) is 20.3 Å². The van der Waals surface area contributed by atoms with Crippen LogP contribution in [0.3, 0.4) is 0 Å². The molecule has 0 amide bonds. The number of hydrogen-bond donors (Lipinski definition) is 1. The predicted octanol–water partition coefficient (Wildman–Crippen LogP) is 3.09. The van der Waals surface area contributed by atoms with Crippen LogP contribution < -0.4 is 0 Å². The van der Waals surface area contributed by atoms with Crippen LogP contribution in [-0.4, -0.2) is 36.0 Å². The van der Waals surface area contributed by atoms with Gasteiger partial charge >= 0.3 is 5.97 Å². The van der Waals surface area contributed by atoms with Crippen LogP contribution in [-0.2, 0) is 0 Å². The third kappa shape index (κ3) is 2.82. The van der Waals surface area contributed by atoms with Gasteiger partial charge in [-0.15, -0.1) is 5.10 Å². The molecule has 0 saturated carbocycles. The summed E-state index contributed by atoms with van der Waals surface area (Å²) >= 11 is 0. The minimum absolute atomic E-state index is 0.0118. The molecule has 0 radical (unpaired) electrons. The third-order valence-electron chi connectivity index (χ3n) is 3.96. The highest BCUT2D eigenvalue weighted by atomic mass is 16.4. The van der Waals surface area contributed by atoms with Crippen molar-refractivity contribution in [3.63, 3.8) is 0 Å². The number of aromatic carboxylic acids is 1. The maximum Gasteiger partial charge on any atom is 0.356 e. The number of carboxylic acids is 1. The number of aromatic nitrogens is 5. The van der Waals surface area contributed by atoms with Gasteiger partial charge in [0.15, 0.2) is 5.69 Å². The maximum absolute atomic E-state index is 11.2. The van der Waals surface area contributed by atoms with Gasteiger partial charge in [0.25, 0.3) is 0 Å². The highest BCUT2D eigenvalue weighted by molar-refractivity contribution is 5.86. The molecule has 0 unspecified atom stereocenters. The number of carbonyl (C=O) groups is 1. The summed E-state index contributed by atoms with van der Waals surface area (Å²) in [5.74, 6) is -1.08. The summed E-state index contributed by atoms with van der Waals surface area (Å²) in [7, 11) is 0. The maximum atomic E-state index is 11.2. The number of hydrogen-bond acceptors (Lipinski definition) is 5. The van der Waals surface area contributed by atoms with Crippen molar-refractivity contribution in [3.05, 3.63) is 79.0 Å². The second-order valence-corrected chi connectivity index (χ2v) is 5.52. The fourth-order valence-electron chi connectivity index (χ4n) is 2.75. The average molecular weight is 343 g/mol. The fourth-order valence-corrected chi connectivity index (χ4v) is 2.75. The molecular formula is C19H13N5O2. The van der Waals surface area contributed by atoms with Crippen molar-refractivity contribution in [1.82, 2.24) is 25.0 Å². The molecule has 0 spiro atoms. The third-order valence-corrected chi connectivity index (χ3v) is 3.96. The molecule has 2 heterocycles. The number of carboxylic acid groups (broad SMARTS) is 1. The van der Waals surface area contributed by atoms with E-state index in [-0.39, 0.29) is 5.69 Å². The van der Waals surface area contributed by atoms with Crippen LogP contribution in [0.5, 0.6) is 0 Å². The Kier molecular flexibility index (Phi) is 3.95. The summed E-state index contributed by atoms with van der Waals surface area (Å²) in [6.07, 6.45) is 6.24. The Morgan fingerprint density at radius 3 is 2.38 bits per heavy atom. The quantitative estimate of drug-likeness (QED) is 0.612. The lowest BCUT2D eigenvalue weighted by molar-refractivity contribution is 0.0687. The molecule has 2 aromatic heterocycles.